The van der Waals surface area contributed by atoms with E-state index < -0.39 is 0 Å². The Balaban J connectivity index is 1.46. The molecule has 32 heavy (non-hydrogen) atoms. The van der Waals surface area contributed by atoms with Crippen molar-refractivity contribution in [3.05, 3.63) is 90.4 Å². The molecule has 1 fully saturated rings. The van der Waals surface area contributed by atoms with E-state index in [1.807, 2.05) is 47.4 Å². The number of aromatic amines is 1. The summed E-state index contributed by atoms with van der Waals surface area (Å²) in [6.45, 7) is 0.576. The van der Waals surface area contributed by atoms with Gasteiger partial charge in [-0.1, -0.05) is 36.4 Å². The molecule has 1 aliphatic rings. The molecule has 2 heterocycles. The summed E-state index contributed by atoms with van der Waals surface area (Å²) in [7, 11) is 0. The lowest BCUT2D eigenvalue weighted by atomic mass is 9.90. The van der Waals surface area contributed by atoms with Crippen molar-refractivity contribution in [1.29, 1.82) is 0 Å². The maximum absolute atomic E-state index is 13.7. The number of H-pyrrole nitrogens is 1. The standard InChI is InChI=1S/C27H28N4O/c28-23-8-10-24(11-9-23)31(27(32)26-17-22-5-1-2-7-25(22)30-26)18-19-4-3-6-21(16-19)20-12-14-29-15-13-20/h1-7,12-17,23-24,30H,8-11,18,28H2. The fourth-order valence-corrected chi connectivity index (χ4v) is 4.71. The summed E-state index contributed by atoms with van der Waals surface area (Å²) < 4.78 is 0. The van der Waals surface area contributed by atoms with Gasteiger partial charge >= 0.3 is 0 Å². The van der Waals surface area contributed by atoms with E-state index in [1.165, 1.54) is 0 Å². The minimum atomic E-state index is 0.0518. The average molecular weight is 425 g/mol. The van der Waals surface area contributed by atoms with Gasteiger partial charge in [-0.2, -0.15) is 0 Å². The number of aromatic nitrogens is 2. The molecule has 162 valence electrons. The number of hydrogen-bond donors (Lipinski definition) is 2. The summed E-state index contributed by atoms with van der Waals surface area (Å²) in [5.74, 6) is 0.0518. The molecule has 2 aromatic heterocycles. The first-order valence-corrected chi connectivity index (χ1v) is 11.3. The Labute approximate surface area is 188 Å². The molecule has 0 spiro atoms. The minimum absolute atomic E-state index is 0.0518. The number of nitrogens with zero attached hydrogens (tertiary/aromatic N) is 2. The van der Waals surface area contributed by atoms with Crippen LogP contribution in [0.25, 0.3) is 22.0 Å². The molecule has 0 radical (unpaired) electrons. The average Bonchev–Trinajstić information content (AvgIpc) is 3.28. The molecular formula is C27H28N4O. The van der Waals surface area contributed by atoms with Crippen LogP contribution in [0.5, 0.6) is 0 Å². The van der Waals surface area contributed by atoms with E-state index >= 15 is 0 Å². The molecule has 1 amide bonds. The number of nitrogens with one attached hydrogen (secondary N) is 1. The van der Waals surface area contributed by atoms with Crippen molar-refractivity contribution < 1.29 is 4.79 Å². The Morgan fingerprint density at radius 1 is 0.938 bits per heavy atom. The predicted molar refractivity (Wildman–Crippen MR) is 128 cm³/mol. The van der Waals surface area contributed by atoms with Crippen LogP contribution in [0.15, 0.2) is 79.1 Å². The topological polar surface area (TPSA) is 75.0 Å². The lowest BCUT2D eigenvalue weighted by Crippen LogP contribution is -2.44. The summed E-state index contributed by atoms with van der Waals surface area (Å²) in [6, 6.07) is 22.9. The van der Waals surface area contributed by atoms with E-state index in [4.69, 9.17) is 5.73 Å². The number of hydrogen-bond acceptors (Lipinski definition) is 3. The zero-order valence-electron chi connectivity index (χ0n) is 18.1. The van der Waals surface area contributed by atoms with E-state index in [9.17, 15) is 4.79 Å². The number of benzene rings is 2. The molecular weight excluding hydrogens is 396 g/mol. The summed E-state index contributed by atoms with van der Waals surface area (Å²) in [6.07, 6.45) is 7.41. The number of pyridine rings is 1. The molecule has 5 heteroatoms. The van der Waals surface area contributed by atoms with E-state index in [1.54, 1.807) is 12.4 Å². The van der Waals surface area contributed by atoms with E-state index in [-0.39, 0.29) is 18.0 Å². The summed E-state index contributed by atoms with van der Waals surface area (Å²) in [4.78, 5) is 23.2. The molecule has 1 saturated carbocycles. The molecule has 3 N–H and O–H groups in total. The first-order chi connectivity index (χ1) is 15.7. The zero-order chi connectivity index (χ0) is 21.9. The van der Waals surface area contributed by atoms with Gasteiger partial charge in [-0.15, -0.1) is 0 Å². The van der Waals surface area contributed by atoms with Crippen LogP contribution in [-0.2, 0) is 6.54 Å². The molecule has 0 aliphatic heterocycles. The molecule has 0 bridgehead atoms. The summed E-state index contributed by atoms with van der Waals surface area (Å²) in [5, 5.41) is 1.06. The first-order valence-electron chi connectivity index (χ1n) is 11.3. The van der Waals surface area contributed by atoms with Gasteiger partial charge in [0.1, 0.15) is 5.69 Å². The zero-order valence-corrected chi connectivity index (χ0v) is 18.1. The molecule has 0 atom stereocenters. The maximum atomic E-state index is 13.7. The maximum Gasteiger partial charge on any atom is 0.270 e. The SMILES string of the molecule is NC1CCC(N(Cc2cccc(-c3ccncc3)c2)C(=O)c2cc3ccccc3[nH]2)CC1. The van der Waals surface area contributed by atoms with Gasteiger partial charge in [-0.25, -0.2) is 0 Å². The van der Waals surface area contributed by atoms with Crippen LogP contribution in [0.3, 0.4) is 0 Å². The van der Waals surface area contributed by atoms with Crippen LogP contribution in [0.4, 0.5) is 0 Å². The van der Waals surface area contributed by atoms with Crippen molar-refractivity contribution >= 4 is 16.8 Å². The lowest BCUT2D eigenvalue weighted by Gasteiger charge is -2.36. The van der Waals surface area contributed by atoms with Crippen molar-refractivity contribution in [2.75, 3.05) is 0 Å². The van der Waals surface area contributed by atoms with E-state index in [0.717, 1.165) is 53.3 Å². The predicted octanol–water partition coefficient (Wildman–Crippen LogP) is 5.14. The molecule has 4 aromatic rings. The number of carbonyl (C=O) groups is 1. The van der Waals surface area contributed by atoms with Gasteiger partial charge in [-0.3, -0.25) is 9.78 Å². The quantitative estimate of drug-likeness (QED) is 0.466. The van der Waals surface area contributed by atoms with Crippen LogP contribution in [0, 0.1) is 0 Å². The van der Waals surface area contributed by atoms with Gasteiger partial charge in [0, 0.05) is 41.9 Å². The van der Waals surface area contributed by atoms with Crippen LogP contribution in [0.1, 0.15) is 41.7 Å². The van der Waals surface area contributed by atoms with Crippen LogP contribution in [-0.4, -0.2) is 32.9 Å². The van der Waals surface area contributed by atoms with Crippen LogP contribution >= 0.6 is 0 Å². The Kier molecular flexibility index (Phi) is 5.73. The normalized spacial score (nSPS) is 18.5. The van der Waals surface area contributed by atoms with Crippen molar-refractivity contribution in [2.45, 2.75) is 44.3 Å². The molecule has 1 aliphatic carbocycles. The molecule has 2 aromatic carbocycles. The van der Waals surface area contributed by atoms with Gasteiger partial charge in [0.15, 0.2) is 0 Å². The number of rotatable bonds is 5. The third-order valence-corrected chi connectivity index (χ3v) is 6.50. The molecule has 5 rings (SSSR count). The Morgan fingerprint density at radius 2 is 1.72 bits per heavy atom. The second kappa shape index (κ2) is 8.97. The van der Waals surface area contributed by atoms with Gasteiger partial charge in [0.05, 0.1) is 0 Å². The third-order valence-electron chi connectivity index (χ3n) is 6.50. The number of fused-ring (bicyclic) bond motifs is 1. The second-order valence-corrected chi connectivity index (χ2v) is 8.71. The minimum Gasteiger partial charge on any atom is -0.351 e. The van der Waals surface area contributed by atoms with Crippen molar-refractivity contribution in [3.8, 4) is 11.1 Å². The highest BCUT2D eigenvalue weighted by molar-refractivity contribution is 5.98. The molecule has 0 unspecified atom stereocenters. The number of nitrogens with two attached hydrogens (primary N) is 1. The van der Waals surface area contributed by atoms with Gasteiger partial charge in [0.25, 0.3) is 5.91 Å². The third kappa shape index (κ3) is 4.30. The largest absolute Gasteiger partial charge is 0.351 e. The number of carbonyl (C=O) groups excluding carboxylic acids is 1. The number of para-hydroxylation sites is 1. The fraction of sp³-hybridized carbons (Fsp3) is 0.259. The summed E-state index contributed by atoms with van der Waals surface area (Å²) in [5.41, 5.74) is 11.2. The Morgan fingerprint density at radius 3 is 2.50 bits per heavy atom. The van der Waals surface area contributed by atoms with Crippen molar-refractivity contribution in [3.63, 3.8) is 0 Å². The summed E-state index contributed by atoms with van der Waals surface area (Å²) >= 11 is 0. The highest BCUT2D eigenvalue weighted by Gasteiger charge is 2.29. The Hall–Kier alpha value is -3.44. The molecule has 5 nitrogen and oxygen atoms in total. The molecule has 0 saturated heterocycles. The highest BCUT2D eigenvalue weighted by atomic mass is 16.2. The lowest BCUT2D eigenvalue weighted by molar-refractivity contribution is 0.0601. The van der Waals surface area contributed by atoms with Crippen molar-refractivity contribution in [2.24, 2.45) is 5.73 Å². The van der Waals surface area contributed by atoms with Gasteiger partial charge in [-0.05, 0) is 72.7 Å². The van der Waals surface area contributed by atoms with E-state index in [0.29, 0.717) is 12.2 Å². The van der Waals surface area contributed by atoms with Crippen LogP contribution < -0.4 is 5.73 Å². The first kappa shape index (κ1) is 20.5. The van der Waals surface area contributed by atoms with Gasteiger partial charge in [0.2, 0.25) is 0 Å². The van der Waals surface area contributed by atoms with Gasteiger partial charge < -0.3 is 15.6 Å². The number of amides is 1. The smallest absolute Gasteiger partial charge is 0.270 e. The van der Waals surface area contributed by atoms with Crippen molar-refractivity contribution in [1.82, 2.24) is 14.9 Å². The second-order valence-electron chi connectivity index (χ2n) is 8.71. The van der Waals surface area contributed by atoms with Crippen LogP contribution in [0.2, 0.25) is 0 Å². The van der Waals surface area contributed by atoms with E-state index in [2.05, 4.69) is 34.2 Å². The highest BCUT2D eigenvalue weighted by Crippen LogP contribution is 2.27. The Bertz CT molecular complexity index is 1180. The fourth-order valence-electron chi connectivity index (χ4n) is 4.71. The monoisotopic (exact) mass is 424 g/mol.